The van der Waals surface area contributed by atoms with Crippen molar-refractivity contribution in [2.45, 2.75) is 13.8 Å². The number of nitriles is 1. The minimum Gasteiger partial charge on any atom is -0.481 e. The molecule has 0 spiro atoms. The average molecular weight is 426 g/mol. The predicted octanol–water partition coefficient (Wildman–Crippen LogP) is 4.47. The summed E-state index contributed by atoms with van der Waals surface area (Å²) in [6.45, 7) is 3.56. The van der Waals surface area contributed by atoms with Crippen molar-refractivity contribution in [2.24, 2.45) is 0 Å². The molecular weight excluding hydrogens is 410 g/mol. The first-order chi connectivity index (χ1) is 12.9. The van der Waals surface area contributed by atoms with Crippen LogP contribution < -0.4 is 4.74 Å². The molecule has 0 saturated heterocycles. The molecule has 0 saturated carbocycles. The van der Waals surface area contributed by atoms with Gasteiger partial charge in [-0.1, -0.05) is 15.9 Å². The number of aromatic amines is 1. The highest BCUT2D eigenvalue weighted by Gasteiger charge is 2.12. The fourth-order valence-electron chi connectivity index (χ4n) is 2.61. The summed E-state index contributed by atoms with van der Waals surface area (Å²) in [5.74, 6) is -0.255. The molecule has 0 fully saturated rings. The highest BCUT2D eigenvalue weighted by atomic mass is 79.9. The van der Waals surface area contributed by atoms with Gasteiger partial charge in [0, 0.05) is 10.0 Å². The third-order valence-electron chi connectivity index (χ3n) is 4.10. The number of imidazole rings is 1. The van der Waals surface area contributed by atoms with Crippen molar-refractivity contribution in [1.82, 2.24) is 9.97 Å². The van der Waals surface area contributed by atoms with Crippen molar-refractivity contribution < 1.29 is 14.6 Å². The number of ether oxygens (including phenoxy) is 1. The molecule has 0 aliphatic carbocycles. The molecule has 0 amide bonds. The maximum absolute atomic E-state index is 10.8. The number of carboxylic acids is 1. The van der Waals surface area contributed by atoms with Crippen LogP contribution in [0, 0.1) is 25.2 Å². The van der Waals surface area contributed by atoms with E-state index in [1.807, 2.05) is 26.0 Å². The Balaban J connectivity index is 2.05. The quantitative estimate of drug-likeness (QED) is 0.587. The molecule has 1 heterocycles. The van der Waals surface area contributed by atoms with Crippen LogP contribution in [0.3, 0.4) is 0 Å². The van der Waals surface area contributed by atoms with Gasteiger partial charge < -0.3 is 14.8 Å². The zero-order chi connectivity index (χ0) is 19.6. The number of carboxylic acid groups (broad SMARTS) is 1. The maximum atomic E-state index is 10.8. The summed E-state index contributed by atoms with van der Waals surface area (Å²) in [7, 11) is 0. The summed E-state index contributed by atoms with van der Waals surface area (Å²) in [6.07, 6.45) is 1.62. The average Bonchev–Trinajstić information content (AvgIpc) is 3.01. The number of rotatable bonds is 5. The number of nitrogens with one attached hydrogen (secondary N) is 1. The minimum atomic E-state index is -1.07. The molecule has 3 rings (SSSR count). The van der Waals surface area contributed by atoms with Gasteiger partial charge in [-0.2, -0.15) is 5.26 Å². The lowest BCUT2D eigenvalue weighted by Crippen LogP contribution is -2.10. The van der Waals surface area contributed by atoms with E-state index in [-0.39, 0.29) is 0 Å². The van der Waals surface area contributed by atoms with E-state index in [4.69, 9.17) is 9.84 Å². The molecule has 1 aromatic heterocycles. The van der Waals surface area contributed by atoms with E-state index in [1.54, 1.807) is 24.3 Å². The SMILES string of the molecule is Cc1cc2nc(C(C#N)=Cc3cc(Br)ccc3OCC(=O)O)[nH]c2cc1C. The Morgan fingerprint density at radius 3 is 2.78 bits per heavy atom. The third kappa shape index (κ3) is 4.18. The molecule has 6 nitrogen and oxygen atoms in total. The van der Waals surface area contributed by atoms with Gasteiger partial charge >= 0.3 is 5.97 Å². The number of aromatic nitrogens is 2. The molecule has 136 valence electrons. The number of aliphatic carboxylic acids is 1. The number of hydrogen-bond donors (Lipinski definition) is 2. The van der Waals surface area contributed by atoms with Gasteiger partial charge in [0.05, 0.1) is 16.6 Å². The first kappa shape index (κ1) is 18.7. The van der Waals surface area contributed by atoms with Crippen LogP contribution in [0.15, 0.2) is 34.8 Å². The van der Waals surface area contributed by atoms with Crippen LogP contribution in [0.2, 0.25) is 0 Å². The normalized spacial score (nSPS) is 11.4. The molecule has 0 radical (unpaired) electrons. The highest BCUT2D eigenvalue weighted by Crippen LogP contribution is 2.28. The van der Waals surface area contributed by atoms with Crippen LogP contribution in [0.4, 0.5) is 0 Å². The number of aryl methyl sites for hydroxylation is 2. The molecule has 2 N–H and O–H groups in total. The second-order valence-corrected chi connectivity index (χ2v) is 6.99. The summed E-state index contributed by atoms with van der Waals surface area (Å²) in [5.41, 5.74) is 4.79. The molecule has 0 bridgehead atoms. The fraction of sp³-hybridized carbons (Fsp3) is 0.150. The maximum Gasteiger partial charge on any atom is 0.341 e. The Bertz CT molecular complexity index is 1070. The van der Waals surface area contributed by atoms with Crippen LogP contribution in [0.1, 0.15) is 22.5 Å². The zero-order valence-electron chi connectivity index (χ0n) is 14.7. The first-order valence-electron chi connectivity index (χ1n) is 8.10. The summed E-state index contributed by atoms with van der Waals surface area (Å²) in [6, 6.07) is 11.3. The largest absolute Gasteiger partial charge is 0.481 e. The van der Waals surface area contributed by atoms with E-state index in [1.165, 1.54) is 0 Å². The number of H-pyrrole nitrogens is 1. The van der Waals surface area contributed by atoms with Crippen molar-refractivity contribution in [3.05, 3.63) is 57.3 Å². The summed E-state index contributed by atoms with van der Waals surface area (Å²) >= 11 is 3.38. The molecular formula is C20H16BrN3O3. The van der Waals surface area contributed by atoms with E-state index in [2.05, 4.69) is 32.0 Å². The Kier molecular flexibility index (Phi) is 5.28. The molecule has 3 aromatic rings. The Morgan fingerprint density at radius 1 is 1.33 bits per heavy atom. The van der Waals surface area contributed by atoms with Gasteiger partial charge in [-0.3, -0.25) is 0 Å². The standard InChI is InChI=1S/C20H16BrN3O3/c1-11-5-16-17(6-12(11)2)24-20(23-16)14(9-22)7-13-8-15(21)3-4-18(13)27-10-19(25)26/h3-8H,10H2,1-2H3,(H,23,24)(H,25,26). The van der Waals surface area contributed by atoms with Gasteiger partial charge in [-0.15, -0.1) is 0 Å². The molecule has 27 heavy (non-hydrogen) atoms. The number of fused-ring (bicyclic) bond motifs is 1. The van der Waals surface area contributed by atoms with Gasteiger partial charge in [-0.05, 0) is 61.4 Å². The zero-order valence-corrected chi connectivity index (χ0v) is 16.3. The van der Waals surface area contributed by atoms with Crippen LogP contribution in [-0.4, -0.2) is 27.7 Å². The van der Waals surface area contributed by atoms with Gasteiger partial charge in [0.25, 0.3) is 0 Å². The molecule has 0 unspecified atom stereocenters. The number of carbonyl (C=O) groups is 1. The number of benzene rings is 2. The second kappa shape index (κ2) is 7.64. The van der Waals surface area contributed by atoms with Crippen molar-refractivity contribution in [3.63, 3.8) is 0 Å². The lowest BCUT2D eigenvalue weighted by Gasteiger charge is -2.08. The summed E-state index contributed by atoms with van der Waals surface area (Å²) in [5, 5.41) is 18.5. The summed E-state index contributed by atoms with van der Waals surface area (Å²) in [4.78, 5) is 18.5. The topological polar surface area (TPSA) is 99.0 Å². The van der Waals surface area contributed by atoms with Crippen LogP contribution in [0.5, 0.6) is 5.75 Å². The number of hydrogen-bond acceptors (Lipinski definition) is 4. The van der Waals surface area contributed by atoms with Gasteiger partial charge in [0.15, 0.2) is 6.61 Å². The highest BCUT2D eigenvalue weighted by molar-refractivity contribution is 9.10. The van der Waals surface area contributed by atoms with E-state index in [0.717, 1.165) is 26.6 Å². The van der Waals surface area contributed by atoms with Crippen molar-refractivity contribution in [1.29, 1.82) is 5.26 Å². The monoisotopic (exact) mass is 425 g/mol. The molecule has 0 aliphatic rings. The smallest absolute Gasteiger partial charge is 0.341 e. The number of halogens is 1. The lowest BCUT2D eigenvalue weighted by atomic mass is 10.1. The van der Waals surface area contributed by atoms with E-state index < -0.39 is 12.6 Å². The van der Waals surface area contributed by atoms with Crippen molar-refractivity contribution >= 4 is 44.6 Å². The fourth-order valence-corrected chi connectivity index (χ4v) is 2.99. The molecule has 7 heteroatoms. The van der Waals surface area contributed by atoms with Gasteiger partial charge in [0.2, 0.25) is 0 Å². The van der Waals surface area contributed by atoms with E-state index >= 15 is 0 Å². The number of nitrogens with zero attached hydrogens (tertiary/aromatic N) is 2. The Labute approximate surface area is 164 Å². The molecule has 2 aromatic carbocycles. The lowest BCUT2D eigenvalue weighted by molar-refractivity contribution is -0.139. The van der Waals surface area contributed by atoms with Crippen LogP contribution in [-0.2, 0) is 4.79 Å². The predicted molar refractivity (Wildman–Crippen MR) is 106 cm³/mol. The second-order valence-electron chi connectivity index (χ2n) is 6.07. The third-order valence-corrected chi connectivity index (χ3v) is 4.59. The van der Waals surface area contributed by atoms with Crippen LogP contribution >= 0.6 is 15.9 Å². The Morgan fingerprint density at radius 2 is 2.07 bits per heavy atom. The van der Waals surface area contributed by atoms with Crippen LogP contribution in [0.25, 0.3) is 22.7 Å². The van der Waals surface area contributed by atoms with Crippen molar-refractivity contribution in [2.75, 3.05) is 6.61 Å². The van der Waals surface area contributed by atoms with E-state index in [9.17, 15) is 10.1 Å². The Hall–Kier alpha value is -3.11. The van der Waals surface area contributed by atoms with E-state index in [0.29, 0.717) is 22.7 Å². The first-order valence-corrected chi connectivity index (χ1v) is 8.90. The molecule has 0 atom stereocenters. The number of allylic oxidation sites excluding steroid dienone is 1. The minimum absolute atomic E-state index is 0.319. The molecule has 0 aliphatic heterocycles. The summed E-state index contributed by atoms with van der Waals surface area (Å²) < 4.78 is 6.10. The van der Waals surface area contributed by atoms with Crippen molar-refractivity contribution in [3.8, 4) is 11.8 Å². The van der Waals surface area contributed by atoms with Gasteiger partial charge in [0.1, 0.15) is 17.6 Å². The van der Waals surface area contributed by atoms with Gasteiger partial charge in [-0.25, -0.2) is 9.78 Å².